The second-order valence-electron chi connectivity index (χ2n) is 5.64. The number of hydrogen-bond donors (Lipinski definition) is 2. The summed E-state index contributed by atoms with van der Waals surface area (Å²) < 4.78 is 13.9. The van der Waals surface area contributed by atoms with Crippen molar-refractivity contribution < 1.29 is 9.18 Å². The molecule has 0 fully saturated rings. The molecular formula is C18H16ClFN4OS2. The van der Waals surface area contributed by atoms with Gasteiger partial charge in [0.1, 0.15) is 5.82 Å². The highest BCUT2D eigenvalue weighted by molar-refractivity contribution is 8.01. The van der Waals surface area contributed by atoms with Crippen LogP contribution < -0.4 is 10.6 Å². The van der Waals surface area contributed by atoms with E-state index in [-0.39, 0.29) is 23.5 Å². The maximum absolute atomic E-state index is 13.2. The molecule has 27 heavy (non-hydrogen) atoms. The summed E-state index contributed by atoms with van der Waals surface area (Å²) in [4.78, 5) is 12.1. The molecule has 0 spiro atoms. The van der Waals surface area contributed by atoms with Crippen LogP contribution in [0.3, 0.4) is 0 Å². The zero-order chi connectivity index (χ0) is 19.2. The van der Waals surface area contributed by atoms with E-state index in [1.165, 1.54) is 35.2 Å². The number of carbonyl (C=O) groups is 1. The summed E-state index contributed by atoms with van der Waals surface area (Å²) in [5.74, 6) is -0.199. The molecular weight excluding hydrogens is 407 g/mol. The normalized spacial score (nSPS) is 11.8. The molecule has 1 heterocycles. The molecule has 9 heteroatoms. The van der Waals surface area contributed by atoms with Crippen molar-refractivity contribution in [1.29, 1.82) is 0 Å². The first-order chi connectivity index (χ1) is 13.0. The van der Waals surface area contributed by atoms with Gasteiger partial charge in [-0.25, -0.2) is 4.39 Å². The molecule has 5 nitrogen and oxygen atoms in total. The van der Waals surface area contributed by atoms with Gasteiger partial charge >= 0.3 is 0 Å². The van der Waals surface area contributed by atoms with Gasteiger partial charge in [-0.3, -0.25) is 4.79 Å². The number of nitrogens with zero attached hydrogens (tertiary/aromatic N) is 2. The number of aromatic nitrogens is 2. The first kappa shape index (κ1) is 19.6. The predicted octanol–water partition coefficient (Wildman–Crippen LogP) is 5.04. The standard InChI is InChI=1S/C18H16ClFN4OS2/c1-11(12-5-7-13(19)8-6-12)21-16(25)10-26-18-24-23-17(27-18)22-15-4-2-3-14(20)9-15/h2-9,11H,10H2,1H3,(H,21,25)(H,22,23). The van der Waals surface area contributed by atoms with Gasteiger partial charge < -0.3 is 10.6 Å². The fraction of sp³-hybridized carbons (Fsp3) is 0.167. The lowest BCUT2D eigenvalue weighted by Crippen LogP contribution is -2.28. The molecule has 0 bridgehead atoms. The molecule has 0 saturated carbocycles. The zero-order valence-corrected chi connectivity index (χ0v) is 16.7. The highest BCUT2D eigenvalue weighted by atomic mass is 35.5. The number of nitrogens with one attached hydrogen (secondary N) is 2. The van der Waals surface area contributed by atoms with Crippen molar-refractivity contribution in [2.75, 3.05) is 11.1 Å². The third kappa shape index (κ3) is 5.92. The average molecular weight is 423 g/mol. The van der Waals surface area contributed by atoms with Crippen molar-refractivity contribution in [2.24, 2.45) is 0 Å². The molecule has 3 rings (SSSR count). The Kier molecular flexibility index (Phi) is 6.65. The van der Waals surface area contributed by atoms with E-state index in [9.17, 15) is 9.18 Å². The minimum atomic E-state index is -0.328. The maximum atomic E-state index is 13.2. The van der Waals surface area contributed by atoms with Crippen LogP contribution in [0.15, 0.2) is 52.9 Å². The Labute approximate surface area is 169 Å². The highest BCUT2D eigenvalue weighted by Gasteiger charge is 2.12. The van der Waals surface area contributed by atoms with E-state index in [0.717, 1.165) is 5.56 Å². The Balaban J connectivity index is 1.49. The number of carbonyl (C=O) groups excluding carboxylic acids is 1. The number of hydrogen-bond acceptors (Lipinski definition) is 6. The van der Waals surface area contributed by atoms with E-state index in [4.69, 9.17) is 11.6 Å². The summed E-state index contributed by atoms with van der Waals surface area (Å²) in [6.07, 6.45) is 0. The minimum absolute atomic E-state index is 0.0997. The number of thioether (sulfide) groups is 1. The molecule has 1 aromatic heterocycles. The van der Waals surface area contributed by atoms with Gasteiger partial charge in [-0.1, -0.05) is 52.9 Å². The van der Waals surface area contributed by atoms with Crippen molar-refractivity contribution in [1.82, 2.24) is 15.5 Å². The number of anilines is 2. The quantitative estimate of drug-likeness (QED) is 0.522. The molecule has 0 radical (unpaired) electrons. The smallest absolute Gasteiger partial charge is 0.230 e. The first-order valence-electron chi connectivity index (χ1n) is 8.03. The van der Waals surface area contributed by atoms with Crippen LogP contribution in [0.2, 0.25) is 5.02 Å². The summed E-state index contributed by atoms with van der Waals surface area (Å²) in [7, 11) is 0. The van der Waals surface area contributed by atoms with Gasteiger partial charge in [-0.15, -0.1) is 10.2 Å². The van der Waals surface area contributed by atoms with E-state index in [0.29, 0.717) is 20.2 Å². The van der Waals surface area contributed by atoms with Crippen LogP contribution in [-0.2, 0) is 4.79 Å². The Morgan fingerprint density at radius 1 is 1.26 bits per heavy atom. The van der Waals surface area contributed by atoms with Gasteiger partial charge in [0, 0.05) is 10.7 Å². The van der Waals surface area contributed by atoms with Crippen molar-refractivity contribution in [3.63, 3.8) is 0 Å². The molecule has 1 amide bonds. The molecule has 2 aromatic carbocycles. The van der Waals surface area contributed by atoms with Gasteiger partial charge in [-0.2, -0.15) is 0 Å². The molecule has 1 unspecified atom stereocenters. The molecule has 3 aromatic rings. The maximum Gasteiger partial charge on any atom is 0.230 e. The van der Waals surface area contributed by atoms with Crippen LogP contribution >= 0.6 is 34.7 Å². The van der Waals surface area contributed by atoms with Crippen molar-refractivity contribution in [3.05, 3.63) is 64.9 Å². The summed E-state index contributed by atoms with van der Waals surface area (Å²) in [6, 6.07) is 13.3. The fourth-order valence-corrected chi connectivity index (χ4v) is 3.96. The lowest BCUT2D eigenvalue weighted by molar-refractivity contribution is -0.119. The molecule has 2 N–H and O–H groups in total. The Bertz CT molecular complexity index is 920. The summed E-state index contributed by atoms with van der Waals surface area (Å²) in [5.41, 5.74) is 1.58. The van der Waals surface area contributed by atoms with Crippen LogP contribution in [0, 0.1) is 5.82 Å². The number of benzene rings is 2. The number of rotatable bonds is 7. The molecule has 0 aliphatic rings. The Hall–Kier alpha value is -2.16. The van der Waals surface area contributed by atoms with Gasteiger partial charge in [0.2, 0.25) is 11.0 Å². The van der Waals surface area contributed by atoms with Crippen LogP contribution in [0.4, 0.5) is 15.2 Å². The molecule has 0 aliphatic heterocycles. The van der Waals surface area contributed by atoms with Crippen molar-refractivity contribution in [3.8, 4) is 0 Å². The fourth-order valence-electron chi connectivity index (χ4n) is 2.25. The van der Waals surface area contributed by atoms with E-state index < -0.39 is 0 Å². The van der Waals surface area contributed by atoms with Gasteiger partial charge in [-0.05, 0) is 42.8 Å². The molecule has 140 valence electrons. The highest BCUT2D eigenvalue weighted by Crippen LogP contribution is 2.28. The topological polar surface area (TPSA) is 66.9 Å². The average Bonchev–Trinajstić information content (AvgIpc) is 3.08. The second kappa shape index (κ2) is 9.16. The van der Waals surface area contributed by atoms with Gasteiger partial charge in [0.25, 0.3) is 0 Å². The predicted molar refractivity (Wildman–Crippen MR) is 108 cm³/mol. The molecule has 0 saturated heterocycles. The minimum Gasteiger partial charge on any atom is -0.349 e. The van der Waals surface area contributed by atoms with Crippen LogP contribution in [-0.4, -0.2) is 21.9 Å². The summed E-state index contributed by atoms with van der Waals surface area (Å²) in [5, 5.41) is 15.2. The van der Waals surface area contributed by atoms with Crippen molar-refractivity contribution in [2.45, 2.75) is 17.3 Å². The van der Waals surface area contributed by atoms with Gasteiger partial charge in [0.05, 0.1) is 11.8 Å². The molecule has 0 aliphatic carbocycles. The van der Waals surface area contributed by atoms with Gasteiger partial charge in [0.15, 0.2) is 4.34 Å². The third-order valence-corrected chi connectivity index (χ3v) is 5.78. The molecule has 1 atom stereocenters. The Morgan fingerprint density at radius 2 is 2.04 bits per heavy atom. The monoisotopic (exact) mass is 422 g/mol. The lowest BCUT2D eigenvalue weighted by atomic mass is 10.1. The summed E-state index contributed by atoms with van der Waals surface area (Å²) in [6.45, 7) is 1.91. The summed E-state index contributed by atoms with van der Waals surface area (Å²) >= 11 is 8.48. The van der Waals surface area contributed by atoms with E-state index in [1.807, 2.05) is 19.1 Å². The van der Waals surface area contributed by atoms with Crippen LogP contribution in [0.5, 0.6) is 0 Å². The largest absolute Gasteiger partial charge is 0.349 e. The van der Waals surface area contributed by atoms with E-state index in [2.05, 4.69) is 20.8 Å². The third-order valence-electron chi connectivity index (χ3n) is 3.56. The number of halogens is 2. The second-order valence-corrected chi connectivity index (χ2v) is 8.27. The van der Waals surface area contributed by atoms with E-state index in [1.54, 1.807) is 24.3 Å². The first-order valence-corrected chi connectivity index (χ1v) is 10.2. The lowest BCUT2D eigenvalue weighted by Gasteiger charge is -2.14. The SMILES string of the molecule is CC(NC(=O)CSc1nnc(Nc2cccc(F)c2)s1)c1ccc(Cl)cc1. The zero-order valence-electron chi connectivity index (χ0n) is 14.3. The number of amides is 1. The van der Waals surface area contributed by atoms with E-state index >= 15 is 0 Å². The Morgan fingerprint density at radius 3 is 2.78 bits per heavy atom. The van der Waals surface area contributed by atoms with Crippen molar-refractivity contribution >= 4 is 51.4 Å². The van der Waals surface area contributed by atoms with Crippen LogP contribution in [0.25, 0.3) is 0 Å². The van der Waals surface area contributed by atoms with Crippen LogP contribution in [0.1, 0.15) is 18.5 Å².